The highest BCUT2D eigenvalue weighted by Gasteiger charge is 2.38. The molecule has 2 N–H and O–H groups in total. The van der Waals surface area contributed by atoms with E-state index in [1.54, 1.807) is 31.2 Å². The standard InChI is InChI=1S/C22H28F3N3O7/c1-4-35-21(31)18(29)13-34-12-15(11-32-2)27-17-9-26-28(20(30)19(17)22(23,24)25)10-14-5-7-16(33-3)8-6-14/h5-9,15,18,27,29H,4,10-13H2,1-3H3/t15-,18?/m0/s1. The molecule has 2 atom stereocenters. The molecule has 194 valence electrons. The van der Waals surface area contributed by atoms with Crippen molar-refractivity contribution in [3.63, 3.8) is 0 Å². The lowest BCUT2D eigenvalue weighted by atomic mass is 10.2. The van der Waals surface area contributed by atoms with Crippen LogP contribution in [0.1, 0.15) is 18.1 Å². The van der Waals surface area contributed by atoms with E-state index in [2.05, 4.69) is 15.2 Å². The van der Waals surface area contributed by atoms with Crippen molar-refractivity contribution in [2.45, 2.75) is 31.8 Å². The number of anilines is 1. The lowest BCUT2D eigenvalue weighted by molar-refractivity contribution is -0.156. The maximum atomic E-state index is 13.8. The molecule has 0 aliphatic rings. The normalized spacial score (nSPS) is 13.2. The number of esters is 1. The molecular formula is C22H28F3N3O7. The van der Waals surface area contributed by atoms with E-state index in [-0.39, 0.29) is 26.4 Å². The number of halogens is 3. The summed E-state index contributed by atoms with van der Waals surface area (Å²) >= 11 is 0. The van der Waals surface area contributed by atoms with Gasteiger partial charge in [0.2, 0.25) is 0 Å². The molecule has 0 amide bonds. The van der Waals surface area contributed by atoms with Crippen LogP contribution in [0.3, 0.4) is 0 Å². The number of carbonyl (C=O) groups excluding carboxylic acids is 1. The summed E-state index contributed by atoms with van der Waals surface area (Å²) in [6.45, 7) is 0.692. The number of methoxy groups -OCH3 is 2. The van der Waals surface area contributed by atoms with Crippen molar-refractivity contribution in [2.24, 2.45) is 0 Å². The smallest absolute Gasteiger partial charge is 0.423 e. The monoisotopic (exact) mass is 503 g/mol. The van der Waals surface area contributed by atoms with Crippen LogP contribution in [0, 0.1) is 0 Å². The Hall–Kier alpha value is -3.16. The van der Waals surface area contributed by atoms with Crippen LogP contribution in [0.5, 0.6) is 5.75 Å². The maximum absolute atomic E-state index is 13.8. The number of aliphatic hydroxyl groups excluding tert-OH is 1. The highest BCUT2D eigenvalue weighted by molar-refractivity contribution is 5.74. The first-order chi connectivity index (χ1) is 16.6. The Morgan fingerprint density at radius 3 is 2.43 bits per heavy atom. The third-order valence-electron chi connectivity index (χ3n) is 4.70. The first kappa shape index (κ1) is 28.1. The summed E-state index contributed by atoms with van der Waals surface area (Å²) in [4.78, 5) is 24.2. The van der Waals surface area contributed by atoms with Gasteiger partial charge in [0.25, 0.3) is 5.56 Å². The van der Waals surface area contributed by atoms with Gasteiger partial charge in [-0.05, 0) is 24.6 Å². The van der Waals surface area contributed by atoms with Crippen molar-refractivity contribution in [1.29, 1.82) is 0 Å². The van der Waals surface area contributed by atoms with E-state index in [4.69, 9.17) is 14.2 Å². The second kappa shape index (κ2) is 13.1. The number of ether oxygens (including phenoxy) is 4. The minimum Gasteiger partial charge on any atom is -0.497 e. The summed E-state index contributed by atoms with van der Waals surface area (Å²) in [5.74, 6) is -0.321. The number of nitrogens with zero attached hydrogens (tertiary/aromatic N) is 2. The third-order valence-corrected chi connectivity index (χ3v) is 4.70. The number of aliphatic hydroxyl groups is 1. The van der Waals surface area contributed by atoms with Crippen molar-refractivity contribution in [1.82, 2.24) is 9.78 Å². The number of rotatable bonds is 13. The number of alkyl halides is 3. The third kappa shape index (κ3) is 8.23. The van der Waals surface area contributed by atoms with Gasteiger partial charge in [0.15, 0.2) is 6.10 Å². The number of benzene rings is 1. The van der Waals surface area contributed by atoms with Gasteiger partial charge < -0.3 is 29.4 Å². The molecule has 1 unspecified atom stereocenters. The Kier molecular flexibility index (Phi) is 10.5. The Bertz CT molecular complexity index is 1010. The predicted octanol–water partition coefficient (Wildman–Crippen LogP) is 1.69. The summed E-state index contributed by atoms with van der Waals surface area (Å²) in [6.07, 6.45) is -5.61. The topological polar surface area (TPSA) is 121 Å². The van der Waals surface area contributed by atoms with Gasteiger partial charge in [-0.1, -0.05) is 12.1 Å². The van der Waals surface area contributed by atoms with Crippen LogP contribution in [-0.2, 0) is 31.7 Å². The van der Waals surface area contributed by atoms with E-state index in [9.17, 15) is 27.9 Å². The average Bonchev–Trinajstić information content (AvgIpc) is 2.80. The molecule has 0 radical (unpaired) electrons. The first-order valence-corrected chi connectivity index (χ1v) is 10.6. The number of carbonyl (C=O) groups is 1. The van der Waals surface area contributed by atoms with Crippen molar-refractivity contribution in [3.05, 3.63) is 51.9 Å². The molecule has 35 heavy (non-hydrogen) atoms. The summed E-state index contributed by atoms with van der Waals surface area (Å²) in [7, 11) is 2.81. The minimum atomic E-state index is -4.97. The van der Waals surface area contributed by atoms with Gasteiger partial charge in [-0.2, -0.15) is 18.3 Å². The second-order valence-electron chi connectivity index (χ2n) is 7.34. The number of hydrogen-bond donors (Lipinski definition) is 2. The van der Waals surface area contributed by atoms with Gasteiger partial charge in [-0.15, -0.1) is 0 Å². The quantitative estimate of drug-likeness (QED) is 0.393. The van der Waals surface area contributed by atoms with Crippen molar-refractivity contribution < 1.29 is 42.0 Å². The fourth-order valence-corrected chi connectivity index (χ4v) is 3.07. The van der Waals surface area contributed by atoms with Crippen LogP contribution >= 0.6 is 0 Å². The lowest BCUT2D eigenvalue weighted by Crippen LogP contribution is -2.37. The molecule has 0 fully saturated rings. The number of hydrogen-bond acceptors (Lipinski definition) is 9. The van der Waals surface area contributed by atoms with Gasteiger partial charge >= 0.3 is 12.1 Å². The highest BCUT2D eigenvalue weighted by atomic mass is 19.4. The van der Waals surface area contributed by atoms with Gasteiger partial charge in [0.1, 0.15) is 11.3 Å². The molecule has 0 saturated heterocycles. The van der Waals surface area contributed by atoms with Crippen molar-refractivity contribution >= 4 is 11.7 Å². The maximum Gasteiger partial charge on any atom is 0.423 e. The molecule has 0 saturated carbocycles. The fourth-order valence-electron chi connectivity index (χ4n) is 3.07. The van der Waals surface area contributed by atoms with E-state index in [0.29, 0.717) is 16.0 Å². The van der Waals surface area contributed by atoms with E-state index in [1.165, 1.54) is 14.2 Å². The summed E-state index contributed by atoms with van der Waals surface area (Å²) < 4.78 is 62.2. The molecule has 2 aromatic rings. The summed E-state index contributed by atoms with van der Waals surface area (Å²) in [6, 6.07) is 5.62. The van der Waals surface area contributed by atoms with Gasteiger partial charge in [-0.3, -0.25) is 4.79 Å². The Balaban J connectivity index is 2.21. The number of aromatic nitrogens is 2. The van der Waals surface area contributed by atoms with E-state index < -0.39 is 47.7 Å². The van der Waals surface area contributed by atoms with Gasteiger partial charge in [0.05, 0.1) is 58.0 Å². The Labute approximate surface area is 199 Å². The van der Waals surface area contributed by atoms with Crippen LogP contribution in [0.4, 0.5) is 18.9 Å². The van der Waals surface area contributed by atoms with E-state index in [1.807, 2.05) is 0 Å². The largest absolute Gasteiger partial charge is 0.497 e. The molecule has 1 heterocycles. The predicted molar refractivity (Wildman–Crippen MR) is 118 cm³/mol. The van der Waals surface area contributed by atoms with Crippen molar-refractivity contribution in [2.75, 3.05) is 46.0 Å². The fraction of sp³-hybridized carbons (Fsp3) is 0.500. The zero-order valence-electron chi connectivity index (χ0n) is 19.5. The summed E-state index contributed by atoms with van der Waals surface area (Å²) in [5, 5.41) is 16.1. The van der Waals surface area contributed by atoms with E-state index >= 15 is 0 Å². The van der Waals surface area contributed by atoms with Crippen LogP contribution in [0.25, 0.3) is 0 Å². The van der Waals surface area contributed by atoms with Crippen LogP contribution in [0.2, 0.25) is 0 Å². The van der Waals surface area contributed by atoms with Gasteiger partial charge in [-0.25, -0.2) is 9.48 Å². The molecule has 1 aromatic carbocycles. The lowest BCUT2D eigenvalue weighted by Gasteiger charge is -2.22. The molecule has 0 aliphatic carbocycles. The van der Waals surface area contributed by atoms with Gasteiger partial charge in [0, 0.05) is 7.11 Å². The number of nitrogens with one attached hydrogen (secondary N) is 1. The van der Waals surface area contributed by atoms with Crippen molar-refractivity contribution in [3.8, 4) is 5.75 Å². The molecule has 2 rings (SSSR count). The molecule has 1 aromatic heterocycles. The average molecular weight is 503 g/mol. The molecule has 13 heteroatoms. The summed E-state index contributed by atoms with van der Waals surface area (Å²) in [5.41, 5.74) is -2.74. The second-order valence-corrected chi connectivity index (χ2v) is 7.34. The highest BCUT2D eigenvalue weighted by Crippen LogP contribution is 2.32. The Morgan fingerprint density at radius 2 is 1.86 bits per heavy atom. The molecule has 10 nitrogen and oxygen atoms in total. The molecule has 0 aliphatic heterocycles. The van der Waals surface area contributed by atoms with Crippen LogP contribution < -0.4 is 15.6 Å². The first-order valence-electron chi connectivity index (χ1n) is 10.6. The van der Waals surface area contributed by atoms with Crippen LogP contribution in [0.15, 0.2) is 35.3 Å². The molecule has 0 bridgehead atoms. The van der Waals surface area contributed by atoms with E-state index in [0.717, 1.165) is 6.20 Å². The molecular weight excluding hydrogens is 475 g/mol. The van der Waals surface area contributed by atoms with Crippen LogP contribution in [-0.4, -0.2) is 73.6 Å². The zero-order valence-corrected chi connectivity index (χ0v) is 19.5. The molecule has 0 spiro atoms. The zero-order chi connectivity index (χ0) is 26.0. The Morgan fingerprint density at radius 1 is 1.17 bits per heavy atom. The minimum absolute atomic E-state index is 0.0704. The SMILES string of the molecule is CCOC(=O)C(O)COC[C@H](COC)Nc1cnn(Cc2ccc(OC)cc2)c(=O)c1C(F)(F)F.